The molecule has 0 amide bonds. The molecule has 0 unspecified atom stereocenters. The Morgan fingerprint density at radius 1 is 1.03 bits per heavy atom. The first-order valence-corrected chi connectivity index (χ1v) is 10.3. The van der Waals surface area contributed by atoms with Crippen molar-refractivity contribution in [1.29, 1.82) is 0 Å². The Labute approximate surface area is 177 Å². The average Bonchev–Trinajstić information content (AvgIpc) is 3.20. The first-order chi connectivity index (χ1) is 15.0. The van der Waals surface area contributed by atoms with Crippen LogP contribution in [0.3, 0.4) is 0 Å². The van der Waals surface area contributed by atoms with Crippen molar-refractivity contribution in [3.05, 3.63) is 74.8 Å². The van der Waals surface area contributed by atoms with Gasteiger partial charge in [-0.1, -0.05) is 12.1 Å². The lowest BCUT2D eigenvalue weighted by atomic mass is 10.1. The van der Waals surface area contributed by atoms with Gasteiger partial charge in [0.05, 0.1) is 17.4 Å². The maximum Gasteiger partial charge on any atom is 0.534 e. The highest BCUT2D eigenvalue weighted by atomic mass is 32.2. The highest BCUT2D eigenvalue weighted by Gasteiger charge is 2.48. The number of rotatable bonds is 7. The maximum atomic E-state index is 12.5. The van der Waals surface area contributed by atoms with Crippen molar-refractivity contribution in [2.24, 2.45) is 0 Å². The summed E-state index contributed by atoms with van der Waals surface area (Å²) >= 11 is 0. The van der Waals surface area contributed by atoms with E-state index in [0.717, 1.165) is 12.1 Å². The van der Waals surface area contributed by atoms with Crippen LogP contribution < -0.4 is 25.7 Å². The largest absolute Gasteiger partial charge is 0.534 e. The van der Waals surface area contributed by atoms with Gasteiger partial charge in [0.1, 0.15) is 17.1 Å². The minimum absolute atomic E-state index is 0.00561. The van der Waals surface area contributed by atoms with E-state index in [1.165, 1.54) is 18.5 Å². The quantitative estimate of drug-likeness (QED) is 0.215. The Bertz CT molecular complexity index is 1490. The fourth-order valence-corrected chi connectivity index (χ4v) is 3.36. The second kappa shape index (κ2) is 7.67. The van der Waals surface area contributed by atoms with Gasteiger partial charge in [0.15, 0.2) is 0 Å². The van der Waals surface area contributed by atoms with Gasteiger partial charge in [-0.25, -0.2) is 4.98 Å². The number of imidazole rings is 1. The Morgan fingerprint density at radius 2 is 1.78 bits per heavy atom. The number of benzene rings is 2. The normalized spacial score (nSPS) is 12.2. The lowest BCUT2D eigenvalue weighted by Gasteiger charge is -2.15. The van der Waals surface area contributed by atoms with E-state index in [9.17, 15) is 31.2 Å². The number of hydrogen-bond donors (Lipinski definition) is 3. The van der Waals surface area contributed by atoms with Gasteiger partial charge < -0.3 is 19.8 Å². The molecule has 0 aliphatic heterocycles. The van der Waals surface area contributed by atoms with Gasteiger partial charge in [-0.3, -0.25) is 9.59 Å². The molecular formula is C19H13F3N4O5S. The summed E-state index contributed by atoms with van der Waals surface area (Å²) in [4.78, 5) is 30.9. The van der Waals surface area contributed by atoms with Crippen molar-refractivity contribution in [2.75, 3.05) is 10.6 Å². The van der Waals surface area contributed by atoms with Crippen molar-refractivity contribution < 1.29 is 25.8 Å². The molecule has 1 heterocycles. The summed E-state index contributed by atoms with van der Waals surface area (Å²) < 4.78 is 63.8. The van der Waals surface area contributed by atoms with Gasteiger partial charge in [0, 0.05) is 12.2 Å². The van der Waals surface area contributed by atoms with Crippen LogP contribution in [0.2, 0.25) is 0 Å². The molecule has 1 aromatic heterocycles. The van der Waals surface area contributed by atoms with Gasteiger partial charge in [0.25, 0.3) is 10.9 Å². The minimum atomic E-state index is -5.81. The average molecular weight is 466 g/mol. The van der Waals surface area contributed by atoms with Crippen molar-refractivity contribution in [3.8, 4) is 5.75 Å². The number of fused-ring (bicyclic) bond motifs is 1. The van der Waals surface area contributed by atoms with Crippen LogP contribution in [0.15, 0.2) is 58.4 Å². The first kappa shape index (κ1) is 21.4. The van der Waals surface area contributed by atoms with Crippen molar-refractivity contribution in [2.45, 2.75) is 12.1 Å². The first-order valence-electron chi connectivity index (χ1n) is 8.92. The zero-order chi connectivity index (χ0) is 23.1. The van der Waals surface area contributed by atoms with Crippen molar-refractivity contribution >= 4 is 38.2 Å². The number of anilines is 3. The van der Waals surface area contributed by atoms with Crippen molar-refractivity contribution in [1.82, 2.24) is 9.97 Å². The maximum absolute atomic E-state index is 12.5. The van der Waals surface area contributed by atoms with E-state index < -0.39 is 32.2 Å². The molecular weight excluding hydrogens is 453 g/mol. The van der Waals surface area contributed by atoms with Crippen LogP contribution in [0.4, 0.5) is 30.2 Å². The van der Waals surface area contributed by atoms with Gasteiger partial charge in [-0.2, -0.15) is 21.6 Å². The van der Waals surface area contributed by atoms with Crippen LogP contribution in [-0.2, 0) is 16.7 Å². The fraction of sp³-hybridized carbons (Fsp3) is 0.105. The number of H-pyrrole nitrogens is 1. The predicted octanol–water partition coefficient (Wildman–Crippen LogP) is 2.74. The molecule has 0 atom stereocenters. The van der Waals surface area contributed by atoms with Crippen LogP contribution in [0.1, 0.15) is 5.56 Å². The molecule has 32 heavy (non-hydrogen) atoms. The molecule has 4 aromatic rings. The fourth-order valence-electron chi connectivity index (χ4n) is 2.91. The minimum Gasteiger partial charge on any atom is -0.376 e. The summed E-state index contributed by atoms with van der Waals surface area (Å²) in [5.74, 6) is -0.544. The molecule has 0 spiro atoms. The van der Waals surface area contributed by atoms with E-state index in [0.29, 0.717) is 22.3 Å². The van der Waals surface area contributed by atoms with Crippen molar-refractivity contribution in [3.63, 3.8) is 0 Å². The summed E-state index contributed by atoms with van der Waals surface area (Å²) in [7, 11) is -5.81. The highest BCUT2D eigenvalue weighted by Crippen LogP contribution is 2.28. The number of aromatic nitrogens is 2. The van der Waals surface area contributed by atoms with Gasteiger partial charge in [-0.15, -0.1) is 0 Å². The second-order valence-electron chi connectivity index (χ2n) is 6.65. The Morgan fingerprint density at radius 3 is 2.53 bits per heavy atom. The molecule has 9 nitrogen and oxygen atoms in total. The standard InChI is InChI=1S/C19H13F3N4O5S/c20-19(21,22)32(29,30)31-12-3-1-2-10(6-12)8-23-15-16(18(28)17(15)27)26-11-4-5-13-14(7-11)25-9-24-13/h1-7,9,23,26H,8H2,(H,24,25). The molecule has 13 heteroatoms. The van der Waals surface area contributed by atoms with E-state index in [1.54, 1.807) is 18.2 Å². The van der Waals surface area contributed by atoms with E-state index in [-0.39, 0.29) is 17.9 Å². The van der Waals surface area contributed by atoms with Gasteiger partial charge >= 0.3 is 15.6 Å². The van der Waals surface area contributed by atoms with E-state index >= 15 is 0 Å². The third kappa shape index (κ3) is 4.01. The molecule has 0 bridgehead atoms. The Hall–Kier alpha value is -3.87. The number of alkyl halides is 3. The number of hydrogen-bond acceptors (Lipinski definition) is 8. The third-order valence-electron chi connectivity index (χ3n) is 4.46. The lowest BCUT2D eigenvalue weighted by Crippen LogP contribution is -2.36. The van der Waals surface area contributed by atoms with Crippen LogP contribution in [-0.4, -0.2) is 23.9 Å². The number of nitrogens with zero attached hydrogens (tertiary/aromatic N) is 1. The van der Waals surface area contributed by atoms with E-state index in [2.05, 4.69) is 24.8 Å². The SMILES string of the molecule is O=c1c(NCc2cccc(OS(=O)(=O)C(F)(F)F)c2)c(Nc2ccc3nc[nH]c3c2)c1=O. The third-order valence-corrected chi connectivity index (χ3v) is 5.44. The number of nitrogens with one attached hydrogen (secondary N) is 3. The predicted molar refractivity (Wildman–Crippen MR) is 110 cm³/mol. The zero-order valence-corrected chi connectivity index (χ0v) is 16.7. The van der Waals surface area contributed by atoms with Crippen LogP contribution in [0.25, 0.3) is 11.0 Å². The molecule has 3 aromatic carbocycles. The topological polar surface area (TPSA) is 130 Å². The van der Waals surface area contributed by atoms with Crippen LogP contribution in [0.5, 0.6) is 5.75 Å². The summed E-state index contributed by atoms with van der Waals surface area (Å²) in [6.07, 6.45) is 1.51. The number of halogens is 3. The van der Waals surface area contributed by atoms with E-state index in [4.69, 9.17) is 0 Å². The molecule has 0 radical (unpaired) electrons. The number of aromatic amines is 1. The summed E-state index contributed by atoms with van der Waals surface area (Å²) in [6.45, 7) is -0.0810. The second-order valence-corrected chi connectivity index (χ2v) is 8.19. The molecule has 0 saturated heterocycles. The lowest BCUT2D eigenvalue weighted by molar-refractivity contribution is -0.0500. The molecule has 4 rings (SSSR count). The monoisotopic (exact) mass is 466 g/mol. The zero-order valence-electron chi connectivity index (χ0n) is 15.9. The molecule has 3 N–H and O–H groups in total. The Balaban J connectivity index is 1.49. The molecule has 0 aliphatic rings. The molecule has 0 saturated carbocycles. The molecule has 166 valence electrons. The highest BCUT2D eigenvalue weighted by molar-refractivity contribution is 7.88. The van der Waals surface area contributed by atoms with Crippen LogP contribution in [0, 0.1) is 0 Å². The van der Waals surface area contributed by atoms with Crippen LogP contribution >= 0.6 is 0 Å². The smallest absolute Gasteiger partial charge is 0.376 e. The summed E-state index contributed by atoms with van der Waals surface area (Å²) in [5.41, 5.74) is -4.75. The van der Waals surface area contributed by atoms with Gasteiger partial charge in [-0.05, 0) is 35.9 Å². The Kier molecular flexibility index (Phi) is 5.12. The molecule has 0 fully saturated rings. The summed E-state index contributed by atoms with van der Waals surface area (Å²) in [6, 6.07) is 9.97. The van der Waals surface area contributed by atoms with E-state index in [1.807, 2.05) is 0 Å². The summed E-state index contributed by atoms with van der Waals surface area (Å²) in [5, 5.41) is 5.59. The van der Waals surface area contributed by atoms with Gasteiger partial charge in [0.2, 0.25) is 0 Å². The molecule has 0 aliphatic carbocycles.